The van der Waals surface area contributed by atoms with Gasteiger partial charge in [0.05, 0.1) is 16.5 Å². The molecule has 130 valence electrons. The minimum absolute atomic E-state index is 0.767. The van der Waals surface area contributed by atoms with Gasteiger partial charge in [0, 0.05) is 22.7 Å². The van der Waals surface area contributed by atoms with E-state index < -0.39 is 0 Å². The molecule has 5 nitrogen and oxygen atoms in total. The van der Waals surface area contributed by atoms with Gasteiger partial charge in [-0.1, -0.05) is 24.3 Å². The third kappa shape index (κ3) is 2.63. The van der Waals surface area contributed by atoms with Gasteiger partial charge in [0.25, 0.3) is 0 Å². The number of hydrogen-bond donors (Lipinski definition) is 4. The third-order valence-corrected chi connectivity index (χ3v) is 4.73. The van der Waals surface area contributed by atoms with Gasteiger partial charge >= 0.3 is 0 Å². The summed E-state index contributed by atoms with van der Waals surface area (Å²) in [6, 6.07) is 22.8. The van der Waals surface area contributed by atoms with Crippen LogP contribution in [-0.2, 0) is 6.54 Å². The quantitative estimate of drug-likeness (QED) is 0.150. The molecule has 0 bridgehead atoms. The van der Waals surface area contributed by atoms with Crippen molar-refractivity contribution >= 4 is 33.1 Å². The second-order valence-corrected chi connectivity index (χ2v) is 6.27. The average Bonchev–Trinajstić information content (AvgIpc) is 2.67. The minimum Gasteiger partial charge on any atom is -0.399 e. The van der Waals surface area contributed by atoms with E-state index in [1.807, 2.05) is 18.2 Å². The summed E-state index contributed by atoms with van der Waals surface area (Å²) in [5.74, 6) is 5.44. The first kappa shape index (κ1) is 16.3. The molecule has 0 saturated heterocycles. The van der Waals surface area contributed by atoms with Crippen molar-refractivity contribution in [3.8, 4) is 11.3 Å². The molecule has 0 amide bonds. The summed E-state index contributed by atoms with van der Waals surface area (Å²) in [4.78, 5) is 0. The summed E-state index contributed by atoms with van der Waals surface area (Å²) in [5, 5.41) is 3.53. The fourth-order valence-electron chi connectivity index (χ4n) is 3.64. The van der Waals surface area contributed by atoms with Gasteiger partial charge in [0.15, 0.2) is 0 Å². The lowest BCUT2D eigenvalue weighted by Gasteiger charge is -2.13. The molecule has 3 aromatic carbocycles. The molecule has 0 saturated carbocycles. The second-order valence-electron chi connectivity index (χ2n) is 6.27. The van der Waals surface area contributed by atoms with Crippen LogP contribution in [0, 0.1) is 0 Å². The lowest BCUT2D eigenvalue weighted by molar-refractivity contribution is -0.655. The van der Waals surface area contributed by atoms with Crippen LogP contribution in [-0.4, -0.2) is 0 Å². The van der Waals surface area contributed by atoms with Crippen molar-refractivity contribution in [1.29, 1.82) is 0 Å². The van der Waals surface area contributed by atoms with Crippen LogP contribution in [0.4, 0.5) is 11.4 Å². The Morgan fingerprint density at radius 1 is 0.885 bits per heavy atom. The van der Waals surface area contributed by atoms with Crippen molar-refractivity contribution in [2.24, 2.45) is 5.84 Å². The van der Waals surface area contributed by atoms with Crippen molar-refractivity contribution in [3.05, 3.63) is 66.7 Å². The van der Waals surface area contributed by atoms with Gasteiger partial charge in [0.1, 0.15) is 6.54 Å². The Morgan fingerprint density at radius 2 is 1.65 bits per heavy atom. The highest BCUT2D eigenvalue weighted by atomic mass is 15.5. The largest absolute Gasteiger partial charge is 0.399 e. The Balaban J connectivity index is 2.20. The summed E-state index contributed by atoms with van der Waals surface area (Å²) < 4.78 is 2.32. The molecule has 4 rings (SSSR count). The number of nitrogens with one attached hydrogen (secondary N) is 2. The Morgan fingerprint density at radius 3 is 2.38 bits per heavy atom. The fraction of sp³-hybridized carbons (Fsp3) is 0.0952. The van der Waals surface area contributed by atoms with E-state index in [-0.39, 0.29) is 0 Å². The highest BCUT2D eigenvalue weighted by Crippen LogP contribution is 2.33. The summed E-state index contributed by atoms with van der Waals surface area (Å²) in [5.41, 5.74) is 16.7. The molecule has 0 fully saturated rings. The number of benzene rings is 3. The van der Waals surface area contributed by atoms with E-state index in [2.05, 4.69) is 71.0 Å². The molecule has 1 heterocycles. The molecule has 1 aromatic heterocycles. The highest BCUT2D eigenvalue weighted by molar-refractivity contribution is 6.10. The molecule has 0 aliphatic heterocycles. The monoisotopic (exact) mass is 344 g/mol. The average molecular weight is 344 g/mol. The summed E-state index contributed by atoms with van der Waals surface area (Å²) in [6.45, 7) is 3.00. The zero-order valence-corrected chi connectivity index (χ0v) is 14.7. The van der Waals surface area contributed by atoms with Crippen LogP contribution in [0.25, 0.3) is 32.9 Å². The number of anilines is 2. The number of nitrogens with zero attached hydrogens (tertiary/aromatic N) is 1. The van der Waals surface area contributed by atoms with Gasteiger partial charge in [-0.05, 0) is 43.3 Å². The summed E-state index contributed by atoms with van der Waals surface area (Å²) in [6.07, 6.45) is 0. The van der Waals surface area contributed by atoms with Gasteiger partial charge < -0.3 is 11.2 Å². The van der Waals surface area contributed by atoms with Crippen LogP contribution in [0.5, 0.6) is 0 Å². The lowest BCUT2D eigenvalue weighted by atomic mass is 9.98. The molecule has 0 aliphatic rings. The molecule has 0 unspecified atom stereocenters. The maximum Gasteiger partial charge on any atom is 0.220 e. The number of aromatic nitrogens is 1. The van der Waals surface area contributed by atoms with E-state index in [0.29, 0.717) is 0 Å². The van der Waals surface area contributed by atoms with Gasteiger partial charge in [-0.15, -0.1) is 0 Å². The standard InChI is InChI=1S/C21H21N5/c1-2-26-20-12-15(22)8-10-18(20)17-11-9-16(24-25-23)13-19(17)21(26)14-6-4-3-5-7-14/h3-13,22,24-25H,2,23H2,1H3/p+1. The third-order valence-electron chi connectivity index (χ3n) is 4.73. The first-order valence-electron chi connectivity index (χ1n) is 8.68. The first-order valence-corrected chi connectivity index (χ1v) is 8.68. The van der Waals surface area contributed by atoms with Gasteiger partial charge in [-0.3, -0.25) is 5.84 Å². The number of nitrogen functional groups attached to an aromatic ring is 1. The van der Waals surface area contributed by atoms with E-state index in [4.69, 9.17) is 11.6 Å². The van der Waals surface area contributed by atoms with E-state index in [1.54, 1.807) is 0 Å². The highest BCUT2D eigenvalue weighted by Gasteiger charge is 2.22. The first-order chi connectivity index (χ1) is 12.7. The molecule has 0 radical (unpaired) electrons. The Labute approximate surface area is 152 Å². The Bertz CT molecular complexity index is 1090. The molecule has 26 heavy (non-hydrogen) atoms. The van der Waals surface area contributed by atoms with Gasteiger partial charge in [0.2, 0.25) is 11.2 Å². The maximum absolute atomic E-state index is 6.10. The Hall–Kier alpha value is -3.15. The SMILES string of the molecule is CC[n+]1c(-c2ccccc2)c2cc(NNN)ccc2c2ccc(N)cc21. The normalized spacial score (nSPS) is 11.2. The van der Waals surface area contributed by atoms with Crippen molar-refractivity contribution in [2.75, 3.05) is 11.2 Å². The van der Waals surface area contributed by atoms with Crippen molar-refractivity contribution in [3.63, 3.8) is 0 Å². The van der Waals surface area contributed by atoms with Gasteiger partial charge in [-0.25, -0.2) is 0 Å². The van der Waals surface area contributed by atoms with Crippen LogP contribution in [0.2, 0.25) is 0 Å². The van der Waals surface area contributed by atoms with E-state index in [9.17, 15) is 0 Å². The summed E-state index contributed by atoms with van der Waals surface area (Å²) in [7, 11) is 0. The van der Waals surface area contributed by atoms with Crippen LogP contribution in [0.3, 0.4) is 0 Å². The van der Waals surface area contributed by atoms with Crippen LogP contribution in [0.1, 0.15) is 6.92 Å². The minimum atomic E-state index is 0.767. The van der Waals surface area contributed by atoms with E-state index in [0.717, 1.165) is 28.8 Å². The number of fused-ring (bicyclic) bond motifs is 3. The summed E-state index contributed by atoms with van der Waals surface area (Å²) >= 11 is 0. The van der Waals surface area contributed by atoms with Gasteiger partial charge in [-0.2, -0.15) is 10.1 Å². The van der Waals surface area contributed by atoms with Crippen molar-refractivity contribution in [2.45, 2.75) is 13.5 Å². The molecule has 6 N–H and O–H groups in total. The van der Waals surface area contributed by atoms with Crippen LogP contribution >= 0.6 is 0 Å². The number of pyridine rings is 1. The topological polar surface area (TPSA) is 80.0 Å². The molecule has 0 spiro atoms. The predicted molar refractivity (Wildman–Crippen MR) is 108 cm³/mol. The Kier molecular flexibility index (Phi) is 4.16. The molecular formula is C21H22N5+. The number of hydrazine groups is 2. The fourth-order valence-corrected chi connectivity index (χ4v) is 3.64. The number of aryl methyl sites for hydroxylation is 1. The molecule has 0 aliphatic carbocycles. The number of nitrogens with two attached hydrogens (primary N) is 2. The number of rotatable bonds is 4. The predicted octanol–water partition coefficient (Wildman–Crippen LogP) is 3.34. The van der Waals surface area contributed by atoms with E-state index >= 15 is 0 Å². The molecule has 4 aromatic rings. The lowest BCUT2D eigenvalue weighted by Crippen LogP contribution is -2.36. The van der Waals surface area contributed by atoms with Crippen molar-refractivity contribution in [1.82, 2.24) is 5.53 Å². The van der Waals surface area contributed by atoms with Crippen LogP contribution < -0.4 is 27.1 Å². The van der Waals surface area contributed by atoms with Crippen molar-refractivity contribution < 1.29 is 4.57 Å². The van der Waals surface area contributed by atoms with Crippen LogP contribution in [0.15, 0.2) is 66.7 Å². The number of hydrogen-bond acceptors (Lipinski definition) is 4. The smallest absolute Gasteiger partial charge is 0.220 e. The molecule has 0 atom stereocenters. The van der Waals surface area contributed by atoms with E-state index in [1.165, 1.54) is 22.0 Å². The second kappa shape index (κ2) is 6.63. The maximum atomic E-state index is 6.10. The molecule has 5 heteroatoms. The zero-order valence-electron chi connectivity index (χ0n) is 14.7. The molecular weight excluding hydrogens is 322 g/mol. The zero-order chi connectivity index (χ0) is 18.1.